The smallest absolute Gasteiger partial charge is 0.330 e. The van der Waals surface area contributed by atoms with Gasteiger partial charge in [0.15, 0.2) is 0 Å². The van der Waals surface area contributed by atoms with Crippen LogP contribution in [0.1, 0.15) is 32.6 Å². The molecule has 3 heteroatoms. The molecule has 0 aromatic carbocycles. The molecule has 1 rings (SSSR count). The Balaban J connectivity index is 2.57. The van der Waals surface area contributed by atoms with Crippen LogP contribution in [0, 0.1) is 0 Å². The molecule has 0 aliphatic heterocycles. The molecule has 0 spiro atoms. The van der Waals surface area contributed by atoms with Crippen molar-refractivity contribution in [3.8, 4) is 0 Å². The Hall–Kier alpha value is -0.830. The van der Waals surface area contributed by atoms with Gasteiger partial charge in [-0.05, 0) is 44.3 Å². The summed E-state index contributed by atoms with van der Waals surface area (Å²) in [7, 11) is 0. The number of rotatable bonds is 4. The molecule has 16 heavy (non-hydrogen) atoms. The van der Waals surface area contributed by atoms with Gasteiger partial charge in [-0.15, -0.1) is 0 Å². The fourth-order valence-electron chi connectivity index (χ4n) is 1.63. The summed E-state index contributed by atoms with van der Waals surface area (Å²) < 4.78 is 6.11. The zero-order valence-corrected chi connectivity index (χ0v) is 11.1. The molecule has 2 nitrogen and oxygen atoms in total. The van der Waals surface area contributed by atoms with Crippen LogP contribution in [0.2, 0.25) is 0 Å². The van der Waals surface area contributed by atoms with Crippen LogP contribution in [0.25, 0.3) is 0 Å². The average Bonchev–Trinajstić information content (AvgIpc) is 2.29. The van der Waals surface area contributed by atoms with Crippen LogP contribution >= 0.6 is 15.9 Å². The fourth-order valence-corrected chi connectivity index (χ4v) is 2.37. The Labute approximate surface area is 105 Å². The normalized spacial score (nSPS) is 18.6. The second kappa shape index (κ2) is 6.69. The number of allylic oxidation sites excluding steroid dienone is 3. The molecule has 1 aliphatic carbocycles. The number of ether oxygens (including phenoxy) is 1. The van der Waals surface area contributed by atoms with Gasteiger partial charge in [0.1, 0.15) is 6.10 Å². The van der Waals surface area contributed by atoms with Crippen molar-refractivity contribution in [3.63, 3.8) is 0 Å². The molecular weight excluding hydrogens is 268 g/mol. The number of esters is 1. The highest BCUT2D eigenvalue weighted by molar-refractivity contribution is 9.12. The van der Waals surface area contributed by atoms with Gasteiger partial charge in [-0.3, -0.25) is 0 Å². The molecule has 0 unspecified atom stereocenters. The van der Waals surface area contributed by atoms with E-state index >= 15 is 0 Å². The first-order valence-electron chi connectivity index (χ1n) is 5.53. The monoisotopic (exact) mass is 284 g/mol. The Morgan fingerprint density at radius 3 is 2.94 bits per heavy atom. The van der Waals surface area contributed by atoms with E-state index in [4.69, 9.17) is 4.74 Å². The Bertz CT molecular complexity index is 329. The van der Waals surface area contributed by atoms with Gasteiger partial charge in [-0.1, -0.05) is 28.6 Å². The van der Waals surface area contributed by atoms with E-state index in [0.29, 0.717) is 0 Å². The molecule has 88 valence electrons. The van der Waals surface area contributed by atoms with E-state index in [1.54, 1.807) is 0 Å². The Kier molecular flexibility index (Phi) is 5.53. The van der Waals surface area contributed by atoms with Crippen molar-refractivity contribution in [2.75, 3.05) is 0 Å². The predicted molar refractivity (Wildman–Crippen MR) is 69.3 cm³/mol. The molecule has 0 radical (unpaired) electrons. The maximum Gasteiger partial charge on any atom is 0.330 e. The summed E-state index contributed by atoms with van der Waals surface area (Å²) in [6.45, 7) is 5.20. The molecule has 0 aromatic rings. The van der Waals surface area contributed by atoms with Crippen molar-refractivity contribution in [2.24, 2.45) is 0 Å². The van der Waals surface area contributed by atoms with E-state index < -0.39 is 0 Å². The summed E-state index contributed by atoms with van der Waals surface area (Å²) in [5, 5.41) is 0. The SMILES string of the molecule is C=CC(=O)O[C@@H](C)/C=C(\Br)C1=CCCCC1. The standard InChI is InChI=1S/C13H17BrO2/c1-3-13(15)16-10(2)9-12(14)11-7-5-4-6-8-11/h3,7,9-10H,1,4-6,8H2,2H3/b12-9-/t10-/m0/s1. The molecule has 0 fully saturated rings. The lowest BCUT2D eigenvalue weighted by atomic mass is 9.99. The molecule has 0 N–H and O–H groups in total. The summed E-state index contributed by atoms with van der Waals surface area (Å²) in [6, 6.07) is 0. The lowest BCUT2D eigenvalue weighted by Gasteiger charge is -2.14. The lowest BCUT2D eigenvalue weighted by Crippen LogP contribution is -2.10. The number of hydrogen-bond donors (Lipinski definition) is 0. The van der Waals surface area contributed by atoms with Gasteiger partial charge in [-0.2, -0.15) is 0 Å². The van der Waals surface area contributed by atoms with Crippen molar-refractivity contribution >= 4 is 21.9 Å². The van der Waals surface area contributed by atoms with Crippen LogP contribution in [0.3, 0.4) is 0 Å². The highest BCUT2D eigenvalue weighted by atomic mass is 79.9. The third-order valence-corrected chi connectivity index (χ3v) is 3.22. The van der Waals surface area contributed by atoms with Gasteiger partial charge < -0.3 is 4.74 Å². The first-order chi connectivity index (χ1) is 7.63. The number of hydrogen-bond acceptors (Lipinski definition) is 2. The first-order valence-corrected chi connectivity index (χ1v) is 6.32. The molecular formula is C13H17BrO2. The van der Waals surface area contributed by atoms with E-state index in [9.17, 15) is 4.79 Å². The first kappa shape index (κ1) is 13.2. The maximum atomic E-state index is 11.0. The van der Waals surface area contributed by atoms with Crippen LogP contribution in [0.4, 0.5) is 0 Å². The highest BCUT2D eigenvalue weighted by Crippen LogP contribution is 2.28. The largest absolute Gasteiger partial charge is 0.455 e. The average molecular weight is 285 g/mol. The molecule has 0 saturated heterocycles. The van der Waals surface area contributed by atoms with Crippen LogP contribution in [0.15, 0.2) is 34.9 Å². The zero-order chi connectivity index (χ0) is 12.0. The van der Waals surface area contributed by atoms with Crippen LogP contribution in [-0.4, -0.2) is 12.1 Å². The second-order valence-corrected chi connectivity index (χ2v) is 4.69. The van der Waals surface area contributed by atoms with Crippen LogP contribution < -0.4 is 0 Å². The molecule has 0 amide bonds. The van der Waals surface area contributed by atoms with Crippen LogP contribution in [0.5, 0.6) is 0 Å². The fraction of sp³-hybridized carbons (Fsp3) is 0.462. The number of carbonyl (C=O) groups is 1. The van der Waals surface area contributed by atoms with E-state index in [0.717, 1.165) is 17.3 Å². The topological polar surface area (TPSA) is 26.3 Å². The summed E-state index contributed by atoms with van der Waals surface area (Å²) in [4.78, 5) is 11.0. The Morgan fingerprint density at radius 2 is 2.38 bits per heavy atom. The van der Waals surface area contributed by atoms with Crippen molar-refractivity contribution in [1.29, 1.82) is 0 Å². The summed E-state index contributed by atoms with van der Waals surface area (Å²) in [5.41, 5.74) is 1.31. The van der Waals surface area contributed by atoms with Crippen molar-refractivity contribution < 1.29 is 9.53 Å². The number of carbonyl (C=O) groups excluding carboxylic acids is 1. The quantitative estimate of drug-likeness (QED) is 0.578. The van der Waals surface area contributed by atoms with E-state index in [-0.39, 0.29) is 12.1 Å². The summed E-state index contributed by atoms with van der Waals surface area (Å²) in [5.74, 6) is -0.387. The molecule has 0 bridgehead atoms. The number of halogens is 1. The minimum atomic E-state index is -0.387. The minimum absolute atomic E-state index is 0.234. The van der Waals surface area contributed by atoms with Gasteiger partial charge in [0.25, 0.3) is 0 Å². The molecule has 1 aliphatic rings. The van der Waals surface area contributed by atoms with E-state index in [1.165, 1.54) is 24.5 Å². The van der Waals surface area contributed by atoms with Gasteiger partial charge in [0.05, 0.1) is 0 Å². The maximum absolute atomic E-state index is 11.0. The van der Waals surface area contributed by atoms with Gasteiger partial charge in [-0.25, -0.2) is 4.79 Å². The highest BCUT2D eigenvalue weighted by Gasteiger charge is 2.09. The third-order valence-electron chi connectivity index (χ3n) is 2.45. The van der Waals surface area contributed by atoms with Crippen molar-refractivity contribution in [3.05, 3.63) is 34.9 Å². The van der Waals surface area contributed by atoms with E-state index in [2.05, 4.69) is 28.6 Å². The van der Waals surface area contributed by atoms with Crippen LogP contribution in [-0.2, 0) is 9.53 Å². The van der Waals surface area contributed by atoms with Crippen molar-refractivity contribution in [1.82, 2.24) is 0 Å². The second-order valence-electron chi connectivity index (χ2n) is 3.84. The minimum Gasteiger partial charge on any atom is -0.455 e. The van der Waals surface area contributed by atoms with E-state index in [1.807, 2.05) is 13.0 Å². The zero-order valence-electron chi connectivity index (χ0n) is 9.54. The van der Waals surface area contributed by atoms with Gasteiger partial charge >= 0.3 is 5.97 Å². The lowest BCUT2D eigenvalue weighted by molar-refractivity contribution is -0.140. The molecule has 0 aromatic heterocycles. The molecule has 0 heterocycles. The predicted octanol–water partition coefficient (Wildman–Crippen LogP) is 3.88. The summed E-state index contributed by atoms with van der Waals surface area (Å²) in [6.07, 6.45) is 9.84. The Morgan fingerprint density at radius 1 is 1.62 bits per heavy atom. The van der Waals surface area contributed by atoms with Crippen molar-refractivity contribution in [2.45, 2.75) is 38.7 Å². The summed E-state index contributed by atoms with van der Waals surface area (Å²) >= 11 is 3.53. The molecule has 1 atom stereocenters. The van der Waals surface area contributed by atoms with Gasteiger partial charge in [0.2, 0.25) is 0 Å². The third kappa shape index (κ3) is 4.35. The van der Waals surface area contributed by atoms with Gasteiger partial charge in [0, 0.05) is 10.6 Å². The molecule has 0 saturated carbocycles.